The highest BCUT2D eigenvalue weighted by Crippen LogP contribution is 2.26. The van der Waals surface area contributed by atoms with Gasteiger partial charge in [-0.05, 0) is 41.8 Å². The second kappa shape index (κ2) is 7.89. The van der Waals surface area contributed by atoms with Crippen LogP contribution in [0.3, 0.4) is 0 Å². The molecule has 0 bridgehead atoms. The van der Waals surface area contributed by atoms with Crippen LogP contribution in [-0.2, 0) is 13.0 Å². The largest absolute Gasteiger partial charge is 0.496 e. The molecule has 7 heteroatoms. The van der Waals surface area contributed by atoms with Crippen molar-refractivity contribution < 1.29 is 4.74 Å². The smallest absolute Gasteiger partial charge is 0.261 e. The molecule has 5 aromatic rings. The van der Waals surface area contributed by atoms with Gasteiger partial charge in [-0.15, -0.1) is 0 Å². The molecular weight excluding hydrogens is 412 g/mol. The topological polar surface area (TPSA) is 61.4 Å². The first-order valence-electron chi connectivity index (χ1n) is 9.89. The number of ether oxygens (including phenoxy) is 1. The van der Waals surface area contributed by atoms with Gasteiger partial charge in [0.25, 0.3) is 5.56 Å². The highest BCUT2D eigenvalue weighted by molar-refractivity contribution is 6.30. The summed E-state index contributed by atoms with van der Waals surface area (Å²) >= 11 is 6.00. The van der Waals surface area contributed by atoms with E-state index in [1.807, 2.05) is 60.8 Å². The summed E-state index contributed by atoms with van der Waals surface area (Å²) in [5, 5.41) is 5.69. The molecule has 0 saturated heterocycles. The van der Waals surface area contributed by atoms with Crippen LogP contribution in [0.2, 0.25) is 5.02 Å². The highest BCUT2D eigenvalue weighted by Gasteiger charge is 2.13. The minimum atomic E-state index is -0.0923. The maximum Gasteiger partial charge on any atom is 0.261 e. The zero-order chi connectivity index (χ0) is 21.4. The van der Waals surface area contributed by atoms with Crippen molar-refractivity contribution in [3.8, 4) is 16.9 Å². The van der Waals surface area contributed by atoms with Crippen molar-refractivity contribution in [1.82, 2.24) is 19.2 Å². The number of rotatable bonds is 5. The van der Waals surface area contributed by atoms with Gasteiger partial charge >= 0.3 is 0 Å². The van der Waals surface area contributed by atoms with E-state index in [9.17, 15) is 4.79 Å². The lowest BCUT2D eigenvalue weighted by atomic mass is 10.1. The van der Waals surface area contributed by atoms with Gasteiger partial charge in [0.05, 0.1) is 24.2 Å². The number of fused-ring (bicyclic) bond motifs is 3. The summed E-state index contributed by atoms with van der Waals surface area (Å²) in [6, 6.07) is 17.3. The number of aromatic nitrogens is 4. The van der Waals surface area contributed by atoms with Crippen LogP contribution in [-0.4, -0.2) is 26.3 Å². The van der Waals surface area contributed by atoms with Crippen LogP contribution in [0.1, 0.15) is 5.56 Å². The van der Waals surface area contributed by atoms with E-state index < -0.39 is 0 Å². The number of para-hydroxylation sites is 1. The number of pyridine rings is 1. The first-order chi connectivity index (χ1) is 15.2. The van der Waals surface area contributed by atoms with E-state index in [-0.39, 0.29) is 5.56 Å². The minimum Gasteiger partial charge on any atom is -0.496 e. The molecule has 6 nitrogen and oxygen atoms in total. The first kappa shape index (κ1) is 19.3. The second-order valence-corrected chi connectivity index (χ2v) is 7.67. The molecule has 0 aliphatic heterocycles. The summed E-state index contributed by atoms with van der Waals surface area (Å²) in [5.74, 6) is 0.825. The van der Waals surface area contributed by atoms with Crippen molar-refractivity contribution in [3.05, 3.63) is 94.1 Å². The summed E-state index contributed by atoms with van der Waals surface area (Å²) in [6.45, 7) is 0.544. The molecule has 0 amide bonds. The summed E-state index contributed by atoms with van der Waals surface area (Å²) in [5.41, 5.74) is 4.25. The van der Waals surface area contributed by atoms with Crippen LogP contribution >= 0.6 is 11.6 Å². The third kappa shape index (κ3) is 3.45. The Morgan fingerprint density at radius 2 is 1.84 bits per heavy atom. The fraction of sp³-hybridized carbons (Fsp3) is 0.125. The normalized spacial score (nSPS) is 11.3. The van der Waals surface area contributed by atoms with Gasteiger partial charge in [0, 0.05) is 29.5 Å². The van der Waals surface area contributed by atoms with E-state index in [0.29, 0.717) is 29.0 Å². The van der Waals surface area contributed by atoms with Crippen molar-refractivity contribution in [2.75, 3.05) is 7.11 Å². The molecule has 0 saturated carbocycles. The zero-order valence-electron chi connectivity index (χ0n) is 16.8. The van der Waals surface area contributed by atoms with Crippen molar-refractivity contribution in [2.24, 2.45) is 0 Å². The Morgan fingerprint density at radius 3 is 2.65 bits per heavy atom. The van der Waals surface area contributed by atoms with Crippen LogP contribution in [0.5, 0.6) is 5.75 Å². The molecule has 3 heterocycles. The number of benzene rings is 2. The van der Waals surface area contributed by atoms with E-state index in [2.05, 4.69) is 10.1 Å². The predicted octanol–water partition coefficient (Wildman–Crippen LogP) is 4.62. The number of methoxy groups -OCH3 is 1. The maximum atomic E-state index is 13.1. The standard InChI is InChI=1S/C24H19ClN4O2/c1-31-22-5-3-2-4-17(22)10-12-28-13-11-21-20(24(28)30)14-26-23-19(15-27-29(21)23)16-6-8-18(25)9-7-16/h2-9,11,13-15H,10,12H2,1H3. The monoisotopic (exact) mass is 430 g/mol. The average molecular weight is 431 g/mol. The summed E-state index contributed by atoms with van der Waals surface area (Å²) in [6.07, 6.45) is 5.89. The Balaban J connectivity index is 1.52. The molecular formula is C24H19ClN4O2. The van der Waals surface area contributed by atoms with E-state index in [0.717, 1.165) is 28.0 Å². The highest BCUT2D eigenvalue weighted by atomic mass is 35.5. The van der Waals surface area contributed by atoms with Crippen LogP contribution in [0.25, 0.3) is 27.7 Å². The van der Waals surface area contributed by atoms with Crippen molar-refractivity contribution >= 4 is 28.2 Å². The van der Waals surface area contributed by atoms with Crippen molar-refractivity contribution in [2.45, 2.75) is 13.0 Å². The Bertz CT molecular complexity index is 1450. The van der Waals surface area contributed by atoms with Gasteiger partial charge in [0.2, 0.25) is 0 Å². The molecule has 0 radical (unpaired) electrons. The van der Waals surface area contributed by atoms with Crippen LogP contribution < -0.4 is 10.3 Å². The van der Waals surface area contributed by atoms with Crippen LogP contribution in [0, 0.1) is 0 Å². The SMILES string of the molecule is COc1ccccc1CCn1ccc2c(cnc3c(-c4ccc(Cl)cc4)cnn32)c1=O. The molecule has 154 valence electrons. The zero-order valence-corrected chi connectivity index (χ0v) is 17.6. The molecule has 31 heavy (non-hydrogen) atoms. The lowest BCUT2D eigenvalue weighted by Crippen LogP contribution is -2.21. The third-order valence-corrected chi connectivity index (χ3v) is 5.69. The minimum absolute atomic E-state index is 0.0923. The second-order valence-electron chi connectivity index (χ2n) is 7.23. The molecule has 0 N–H and O–H groups in total. The molecule has 0 spiro atoms. The molecule has 0 unspecified atom stereocenters. The predicted molar refractivity (Wildman–Crippen MR) is 122 cm³/mol. The van der Waals surface area contributed by atoms with Crippen molar-refractivity contribution in [3.63, 3.8) is 0 Å². The molecule has 0 fully saturated rings. The van der Waals surface area contributed by atoms with E-state index in [1.54, 1.807) is 28.6 Å². The van der Waals surface area contributed by atoms with Crippen LogP contribution in [0.4, 0.5) is 0 Å². The van der Waals surface area contributed by atoms with Gasteiger partial charge in [-0.1, -0.05) is 41.9 Å². The number of aryl methyl sites for hydroxylation is 2. The molecule has 0 aliphatic carbocycles. The maximum absolute atomic E-state index is 13.1. The quantitative estimate of drug-likeness (QED) is 0.408. The first-order valence-corrected chi connectivity index (χ1v) is 10.3. The Kier molecular flexibility index (Phi) is 4.92. The number of nitrogens with zero attached hydrogens (tertiary/aromatic N) is 4. The van der Waals surface area contributed by atoms with E-state index >= 15 is 0 Å². The average Bonchev–Trinajstić information content (AvgIpc) is 3.24. The molecule has 3 aromatic heterocycles. The van der Waals surface area contributed by atoms with Gasteiger partial charge in [-0.25, -0.2) is 9.50 Å². The van der Waals surface area contributed by atoms with E-state index in [1.165, 1.54) is 0 Å². The fourth-order valence-electron chi connectivity index (χ4n) is 3.82. The Morgan fingerprint density at radius 1 is 1.03 bits per heavy atom. The molecule has 0 atom stereocenters. The number of halogens is 1. The lowest BCUT2D eigenvalue weighted by molar-refractivity contribution is 0.408. The van der Waals surface area contributed by atoms with Crippen molar-refractivity contribution in [1.29, 1.82) is 0 Å². The van der Waals surface area contributed by atoms with Gasteiger partial charge in [0.1, 0.15) is 5.75 Å². The summed E-state index contributed by atoms with van der Waals surface area (Å²) < 4.78 is 8.83. The Hall–Kier alpha value is -3.64. The molecule has 2 aromatic carbocycles. The third-order valence-electron chi connectivity index (χ3n) is 5.44. The van der Waals surface area contributed by atoms with Gasteiger partial charge in [-0.2, -0.15) is 5.10 Å². The van der Waals surface area contributed by atoms with Crippen LogP contribution in [0.15, 0.2) is 78.0 Å². The summed E-state index contributed by atoms with van der Waals surface area (Å²) in [7, 11) is 1.65. The van der Waals surface area contributed by atoms with Gasteiger partial charge < -0.3 is 9.30 Å². The number of hydrogen-bond donors (Lipinski definition) is 0. The lowest BCUT2D eigenvalue weighted by Gasteiger charge is -2.10. The molecule has 0 aliphatic rings. The van der Waals surface area contributed by atoms with E-state index in [4.69, 9.17) is 16.3 Å². The van der Waals surface area contributed by atoms with Gasteiger partial charge in [0.15, 0.2) is 5.65 Å². The summed E-state index contributed by atoms with van der Waals surface area (Å²) in [4.78, 5) is 17.6. The fourth-order valence-corrected chi connectivity index (χ4v) is 3.94. The Labute approximate surface area is 183 Å². The molecule has 5 rings (SSSR count). The number of hydrogen-bond acceptors (Lipinski definition) is 4. The van der Waals surface area contributed by atoms with Gasteiger partial charge in [-0.3, -0.25) is 4.79 Å².